The van der Waals surface area contributed by atoms with E-state index in [9.17, 15) is 0 Å². The summed E-state index contributed by atoms with van der Waals surface area (Å²) >= 11 is -0.580. The molecule has 2 aromatic carbocycles. The van der Waals surface area contributed by atoms with Crippen molar-refractivity contribution in [3.8, 4) is 0 Å². The van der Waals surface area contributed by atoms with Crippen molar-refractivity contribution in [1.82, 2.24) is 0 Å². The molecule has 4 heteroatoms. The zero-order valence-corrected chi connectivity index (χ0v) is 17.8. The molecule has 0 spiro atoms. The Labute approximate surface area is 166 Å². The van der Waals surface area contributed by atoms with Gasteiger partial charge in [-0.2, -0.15) is 0 Å². The van der Waals surface area contributed by atoms with Crippen molar-refractivity contribution in [3.05, 3.63) is 58.7 Å². The van der Waals surface area contributed by atoms with Crippen LogP contribution in [-0.2, 0) is 22.9 Å². The molecule has 0 bridgehead atoms. The van der Waals surface area contributed by atoms with E-state index in [0.29, 0.717) is 5.92 Å². The maximum absolute atomic E-state index is 5.65. The summed E-state index contributed by atoms with van der Waals surface area (Å²) in [5.74, 6) is 0.503. The van der Waals surface area contributed by atoms with E-state index in [1.165, 1.54) is 42.5 Å². The van der Waals surface area contributed by atoms with Crippen molar-refractivity contribution >= 4 is 20.2 Å². The Morgan fingerprint density at radius 1 is 0.917 bits per heavy atom. The summed E-state index contributed by atoms with van der Waals surface area (Å²) in [6.07, 6.45) is 0. The number of rotatable bonds is 3. The van der Waals surface area contributed by atoms with Gasteiger partial charge in [-0.25, -0.2) is 0 Å². The molecule has 1 atom stereocenters. The van der Waals surface area contributed by atoms with E-state index in [4.69, 9.17) is 3.32 Å². The van der Waals surface area contributed by atoms with E-state index in [2.05, 4.69) is 64.1 Å². The van der Waals surface area contributed by atoms with Gasteiger partial charge in [0.15, 0.2) is 0 Å². The first-order valence-corrected chi connectivity index (χ1v) is 9.17. The van der Waals surface area contributed by atoms with Crippen LogP contribution in [0.15, 0.2) is 53.1 Å². The molecular weight excluding hydrogens is 375 g/mol. The van der Waals surface area contributed by atoms with Crippen molar-refractivity contribution in [2.45, 2.75) is 27.7 Å². The smallest absolute Gasteiger partial charge is 1.00 e. The Morgan fingerprint density at radius 2 is 1.58 bits per heavy atom. The van der Waals surface area contributed by atoms with Crippen LogP contribution in [0.4, 0.5) is 0 Å². The van der Waals surface area contributed by atoms with Gasteiger partial charge in [-0.15, -0.1) is 0 Å². The van der Waals surface area contributed by atoms with Crippen molar-refractivity contribution in [1.29, 1.82) is 0 Å². The number of hydrogen-bond donors (Lipinski definition) is 0. The van der Waals surface area contributed by atoms with Gasteiger partial charge in [0, 0.05) is 0 Å². The molecule has 1 unspecified atom stereocenters. The summed E-state index contributed by atoms with van der Waals surface area (Å²) < 4.78 is 7.08. The average molecular weight is 397 g/mol. The molecule has 0 amide bonds. The minimum absolute atomic E-state index is 0. The molecule has 2 aromatic rings. The number of allylic oxidation sites excluding steroid dienone is 4. The summed E-state index contributed by atoms with van der Waals surface area (Å²) in [6.45, 7) is 9.12. The molecule has 1 nitrogen and oxygen atoms in total. The van der Waals surface area contributed by atoms with Crippen LogP contribution in [0.25, 0.3) is 16.3 Å². The summed E-state index contributed by atoms with van der Waals surface area (Å²) in [6, 6.07) is 13.2. The number of benzene rings is 2. The molecule has 0 N–H and O–H groups in total. The van der Waals surface area contributed by atoms with Gasteiger partial charge in [-0.3, -0.25) is 0 Å². The normalized spacial score (nSPS) is 16.8. The Kier molecular flexibility index (Phi) is 7.78. The standard InChI is InChI=1S/C19H19.CH3O.2ClH.Ti/c1-12-13(2)15(4)19(14(12)3)18-10-9-16-7-5-6-8-17(16)11-18;1-2;;;/h5-10,14H,1-4H3;1H3;2*1H;/q;-1;;;+3/p-2. The topological polar surface area (TPSA) is 9.23 Å². The largest absolute Gasteiger partial charge is 1.00 e. The number of hydrogen-bond acceptors (Lipinski definition) is 1. The second kappa shape index (κ2) is 8.69. The van der Waals surface area contributed by atoms with Crippen LogP contribution in [0.3, 0.4) is 0 Å². The molecule has 3 rings (SSSR count). The second-order valence-electron chi connectivity index (χ2n) is 6.08. The van der Waals surface area contributed by atoms with Crippen LogP contribution in [0.5, 0.6) is 0 Å². The summed E-state index contributed by atoms with van der Waals surface area (Å²) in [5, 5.41) is 2.67. The second-order valence-corrected chi connectivity index (χ2v) is 7.82. The van der Waals surface area contributed by atoms with E-state index in [1.54, 1.807) is 0 Å². The van der Waals surface area contributed by atoms with Crippen LogP contribution in [0.1, 0.15) is 33.3 Å². The number of halogens is 2. The summed E-state index contributed by atoms with van der Waals surface area (Å²) in [4.78, 5) is 0. The van der Waals surface area contributed by atoms with Gasteiger partial charge in [-0.1, -0.05) is 0 Å². The molecule has 0 aromatic heterocycles. The Bertz CT molecular complexity index is 808. The van der Waals surface area contributed by atoms with E-state index in [0.717, 1.165) is 0 Å². The first kappa shape index (κ1) is 21.5. The van der Waals surface area contributed by atoms with Crippen molar-refractivity contribution in [2.24, 2.45) is 5.92 Å². The van der Waals surface area contributed by atoms with Gasteiger partial charge in [0.2, 0.25) is 0 Å². The van der Waals surface area contributed by atoms with E-state index in [1.807, 2.05) is 7.11 Å². The van der Waals surface area contributed by atoms with Gasteiger partial charge in [0.05, 0.1) is 0 Å². The maximum atomic E-state index is 5.65. The third-order valence-electron chi connectivity index (χ3n) is 5.06. The molecule has 126 valence electrons. The van der Waals surface area contributed by atoms with Gasteiger partial charge in [0.1, 0.15) is 0 Å². The third kappa shape index (κ3) is 3.52. The average Bonchev–Trinajstić information content (AvgIpc) is 2.72. The molecule has 0 saturated carbocycles. The van der Waals surface area contributed by atoms with Crippen LogP contribution in [-0.4, -0.2) is 7.11 Å². The SMILES string of the molecule is C[O][Ti+2][c]1c(C2=C(C)C(C)=C(C)C2C)ccc2ccccc12.[Cl-].[Cl-]. The fraction of sp³-hybridized carbons (Fsp3) is 0.300. The van der Waals surface area contributed by atoms with Crippen molar-refractivity contribution in [3.63, 3.8) is 0 Å². The van der Waals surface area contributed by atoms with Crippen LogP contribution >= 0.6 is 0 Å². The molecule has 24 heavy (non-hydrogen) atoms. The first-order chi connectivity index (χ1) is 10.6. The van der Waals surface area contributed by atoms with Gasteiger partial charge < -0.3 is 24.8 Å². The fourth-order valence-electron chi connectivity index (χ4n) is 3.51. The van der Waals surface area contributed by atoms with Crippen LogP contribution in [0, 0.1) is 5.92 Å². The minimum Gasteiger partial charge on any atom is -1.00 e. The molecular formula is C20H22Cl2OTi. The maximum Gasteiger partial charge on any atom is -1.00 e. The van der Waals surface area contributed by atoms with Crippen LogP contribution in [0.2, 0.25) is 0 Å². The molecule has 0 aliphatic heterocycles. The monoisotopic (exact) mass is 396 g/mol. The third-order valence-corrected chi connectivity index (χ3v) is 6.54. The van der Waals surface area contributed by atoms with E-state index >= 15 is 0 Å². The van der Waals surface area contributed by atoms with Gasteiger partial charge in [-0.05, 0) is 0 Å². The molecule has 0 radical (unpaired) electrons. The molecule has 0 heterocycles. The minimum atomic E-state index is -0.580. The number of fused-ring (bicyclic) bond motifs is 1. The predicted molar refractivity (Wildman–Crippen MR) is 90.7 cm³/mol. The van der Waals surface area contributed by atoms with Gasteiger partial charge in [0.25, 0.3) is 0 Å². The van der Waals surface area contributed by atoms with Crippen molar-refractivity contribution < 1.29 is 47.7 Å². The molecule has 1 aliphatic rings. The van der Waals surface area contributed by atoms with E-state index < -0.39 is 19.5 Å². The molecule has 1 aliphatic carbocycles. The molecule has 0 saturated heterocycles. The predicted octanol–water partition coefficient (Wildman–Crippen LogP) is -1.12. The summed E-state index contributed by atoms with van der Waals surface area (Å²) in [7, 11) is 1.83. The van der Waals surface area contributed by atoms with Crippen molar-refractivity contribution in [2.75, 3.05) is 7.11 Å². The Hall–Kier alpha value is -0.566. The van der Waals surface area contributed by atoms with Gasteiger partial charge >= 0.3 is 142 Å². The first-order valence-electron chi connectivity index (χ1n) is 7.76. The van der Waals surface area contributed by atoms with Crippen LogP contribution < -0.4 is 28.7 Å². The zero-order valence-electron chi connectivity index (χ0n) is 14.7. The quantitative estimate of drug-likeness (QED) is 0.597. The fourth-order valence-corrected chi connectivity index (χ4v) is 4.87. The zero-order chi connectivity index (χ0) is 15.9. The Morgan fingerprint density at radius 3 is 2.17 bits per heavy atom. The summed E-state index contributed by atoms with van der Waals surface area (Å²) in [5.41, 5.74) is 7.31. The molecule has 0 fully saturated rings. The Balaban J connectivity index is 0.00000144. The van der Waals surface area contributed by atoms with E-state index in [-0.39, 0.29) is 24.8 Å².